The quantitative estimate of drug-likeness (QED) is 0.516. The zero-order chi connectivity index (χ0) is 23.6. The molecule has 0 spiro atoms. The number of pyridine rings is 1. The molecule has 0 saturated carbocycles. The first kappa shape index (κ1) is 25.1. The van der Waals surface area contributed by atoms with Gasteiger partial charge in [0.25, 0.3) is 0 Å². The topological polar surface area (TPSA) is 113 Å². The normalized spacial score (nSPS) is 20.6. The number of carbonyl (C=O) groups is 3. The van der Waals surface area contributed by atoms with Crippen LogP contribution in [0, 0.1) is 5.92 Å². The van der Waals surface area contributed by atoms with Gasteiger partial charge in [-0.3, -0.25) is 24.4 Å². The van der Waals surface area contributed by atoms with Crippen LogP contribution < -0.4 is 10.6 Å². The first-order valence-corrected chi connectivity index (χ1v) is 11.6. The van der Waals surface area contributed by atoms with Crippen LogP contribution in [0.3, 0.4) is 0 Å². The highest BCUT2D eigenvalue weighted by molar-refractivity contribution is 5.94. The summed E-state index contributed by atoms with van der Waals surface area (Å²) < 4.78 is 10.6. The average molecular weight is 462 g/mol. The van der Waals surface area contributed by atoms with E-state index in [1.807, 2.05) is 13.8 Å². The second kappa shape index (κ2) is 12.6. The second-order valence-electron chi connectivity index (χ2n) is 8.97. The lowest BCUT2D eigenvalue weighted by Gasteiger charge is -2.28. The van der Waals surface area contributed by atoms with Crippen molar-refractivity contribution >= 4 is 17.8 Å². The molecule has 2 amide bonds. The van der Waals surface area contributed by atoms with E-state index < -0.39 is 18.2 Å². The van der Waals surface area contributed by atoms with Gasteiger partial charge in [0.15, 0.2) is 5.78 Å². The van der Waals surface area contributed by atoms with Crippen molar-refractivity contribution in [3.05, 3.63) is 30.1 Å². The minimum Gasteiger partial charge on any atom is -0.445 e. The summed E-state index contributed by atoms with van der Waals surface area (Å²) in [5, 5.41) is 5.49. The van der Waals surface area contributed by atoms with Crippen molar-refractivity contribution in [2.45, 2.75) is 39.0 Å². The molecule has 3 rings (SSSR count). The fourth-order valence-electron chi connectivity index (χ4n) is 3.95. The Morgan fingerprint density at radius 1 is 1.18 bits per heavy atom. The number of morpholine rings is 1. The van der Waals surface area contributed by atoms with Crippen molar-refractivity contribution in [2.75, 3.05) is 52.5 Å². The molecular formula is C23H35N5O5. The number of rotatable bonds is 10. The molecule has 2 saturated heterocycles. The molecule has 182 valence electrons. The number of alkyl carbamates (subject to hydrolysis) is 1. The van der Waals surface area contributed by atoms with Crippen LogP contribution in [0.15, 0.2) is 24.5 Å². The molecule has 3 heterocycles. The Kier molecular flexibility index (Phi) is 9.59. The van der Waals surface area contributed by atoms with Crippen LogP contribution in [0.2, 0.25) is 0 Å². The van der Waals surface area contributed by atoms with E-state index in [9.17, 15) is 14.4 Å². The fraction of sp³-hybridized carbons (Fsp3) is 0.652. The number of hydrogen-bond donors (Lipinski definition) is 2. The summed E-state index contributed by atoms with van der Waals surface area (Å²) >= 11 is 0. The molecule has 0 radical (unpaired) electrons. The Morgan fingerprint density at radius 3 is 2.58 bits per heavy atom. The molecule has 1 unspecified atom stereocenters. The van der Waals surface area contributed by atoms with Crippen molar-refractivity contribution < 1.29 is 23.9 Å². The SMILES string of the molecule is CC(C)C[C@H](NC(=O)OCc1ccncc1)C(=O)NC1CN(CCN2CCOCC2)CC1=O. The Bertz CT molecular complexity index is 785. The van der Waals surface area contributed by atoms with E-state index in [2.05, 4.69) is 25.4 Å². The van der Waals surface area contributed by atoms with Crippen molar-refractivity contribution in [3.63, 3.8) is 0 Å². The maximum atomic E-state index is 12.9. The molecule has 10 nitrogen and oxygen atoms in total. The highest BCUT2D eigenvalue weighted by atomic mass is 16.5. The van der Waals surface area contributed by atoms with Gasteiger partial charge in [-0.1, -0.05) is 13.8 Å². The fourth-order valence-corrected chi connectivity index (χ4v) is 3.95. The number of ether oxygens (including phenoxy) is 2. The molecule has 2 aliphatic rings. The molecule has 33 heavy (non-hydrogen) atoms. The molecule has 0 aliphatic carbocycles. The van der Waals surface area contributed by atoms with Crippen LogP contribution in [0.1, 0.15) is 25.8 Å². The number of hydrogen-bond acceptors (Lipinski definition) is 8. The van der Waals surface area contributed by atoms with Crippen LogP contribution in [0.5, 0.6) is 0 Å². The minimum atomic E-state index is -0.773. The van der Waals surface area contributed by atoms with Gasteiger partial charge >= 0.3 is 6.09 Å². The number of ketones is 1. The lowest BCUT2D eigenvalue weighted by Crippen LogP contribution is -2.52. The number of likely N-dealkylation sites (tertiary alicyclic amines) is 1. The summed E-state index contributed by atoms with van der Waals surface area (Å²) in [7, 11) is 0. The first-order chi connectivity index (χ1) is 15.9. The summed E-state index contributed by atoms with van der Waals surface area (Å²) in [6.07, 6.45) is 3.01. The van der Waals surface area contributed by atoms with Crippen LogP contribution in [0.25, 0.3) is 0 Å². The number of nitrogens with zero attached hydrogens (tertiary/aromatic N) is 3. The van der Waals surface area contributed by atoms with Gasteiger partial charge in [0, 0.05) is 45.1 Å². The van der Waals surface area contributed by atoms with Crippen LogP contribution >= 0.6 is 0 Å². The van der Waals surface area contributed by atoms with E-state index in [0.717, 1.165) is 45.0 Å². The zero-order valence-electron chi connectivity index (χ0n) is 19.5. The van der Waals surface area contributed by atoms with E-state index in [1.54, 1.807) is 24.5 Å². The highest BCUT2D eigenvalue weighted by Gasteiger charge is 2.34. The molecule has 1 aromatic rings. The lowest BCUT2D eigenvalue weighted by molar-refractivity contribution is -0.127. The van der Waals surface area contributed by atoms with E-state index in [4.69, 9.17) is 9.47 Å². The van der Waals surface area contributed by atoms with Crippen molar-refractivity contribution in [2.24, 2.45) is 5.92 Å². The third kappa shape index (κ3) is 8.38. The molecule has 0 bridgehead atoms. The third-order valence-corrected chi connectivity index (χ3v) is 5.80. The smallest absolute Gasteiger partial charge is 0.408 e. The number of carbonyl (C=O) groups excluding carboxylic acids is 3. The molecule has 2 N–H and O–H groups in total. The molecule has 10 heteroatoms. The van der Waals surface area contributed by atoms with Gasteiger partial charge in [-0.2, -0.15) is 0 Å². The van der Waals surface area contributed by atoms with E-state index in [1.165, 1.54) is 0 Å². The highest BCUT2D eigenvalue weighted by Crippen LogP contribution is 2.10. The molecule has 0 aromatic carbocycles. The maximum Gasteiger partial charge on any atom is 0.408 e. The monoisotopic (exact) mass is 461 g/mol. The molecular weight excluding hydrogens is 426 g/mol. The Labute approximate surface area is 195 Å². The molecule has 1 aromatic heterocycles. The van der Waals surface area contributed by atoms with Crippen LogP contribution in [-0.2, 0) is 25.7 Å². The summed E-state index contributed by atoms with van der Waals surface area (Å²) in [5.41, 5.74) is 0.804. The Morgan fingerprint density at radius 2 is 1.88 bits per heavy atom. The van der Waals surface area contributed by atoms with Crippen LogP contribution in [-0.4, -0.2) is 97.1 Å². The number of nitrogens with one attached hydrogen (secondary N) is 2. The first-order valence-electron chi connectivity index (χ1n) is 11.6. The summed E-state index contributed by atoms with van der Waals surface area (Å²) in [6, 6.07) is 2.17. The van der Waals surface area contributed by atoms with Gasteiger partial charge in [-0.05, 0) is 30.0 Å². The molecule has 2 aliphatic heterocycles. The van der Waals surface area contributed by atoms with E-state index in [-0.39, 0.29) is 24.2 Å². The van der Waals surface area contributed by atoms with Gasteiger partial charge in [-0.15, -0.1) is 0 Å². The van der Waals surface area contributed by atoms with Crippen molar-refractivity contribution in [3.8, 4) is 0 Å². The number of Topliss-reactive ketones (excluding diaryl/α,β-unsaturated/α-hetero) is 1. The summed E-state index contributed by atoms with van der Waals surface area (Å²) in [5.74, 6) is -0.197. The standard InChI is InChI=1S/C23H35N5O5/c1-17(2)13-19(26-23(31)33-16-18-3-5-24-6-4-18)22(30)25-20-14-28(15-21(20)29)8-7-27-9-11-32-12-10-27/h3-6,17,19-20H,7-16H2,1-2H3,(H,25,30)(H,26,31)/t19-,20?/m0/s1. The van der Waals surface area contributed by atoms with Gasteiger partial charge in [-0.25, -0.2) is 4.79 Å². The number of aromatic nitrogens is 1. The predicted molar refractivity (Wildman–Crippen MR) is 121 cm³/mol. The third-order valence-electron chi connectivity index (χ3n) is 5.80. The second-order valence-corrected chi connectivity index (χ2v) is 8.97. The van der Waals surface area contributed by atoms with Crippen molar-refractivity contribution in [1.82, 2.24) is 25.4 Å². The van der Waals surface area contributed by atoms with Crippen LogP contribution in [0.4, 0.5) is 4.79 Å². The summed E-state index contributed by atoms with van der Waals surface area (Å²) in [4.78, 5) is 46.0. The van der Waals surface area contributed by atoms with Crippen molar-refractivity contribution in [1.29, 1.82) is 0 Å². The summed E-state index contributed by atoms with van der Waals surface area (Å²) in [6.45, 7) is 9.77. The predicted octanol–water partition coefficient (Wildman–Crippen LogP) is 0.424. The van der Waals surface area contributed by atoms with Gasteiger partial charge < -0.3 is 20.1 Å². The lowest BCUT2D eigenvalue weighted by atomic mass is 10.0. The number of amides is 2. The van der Waals surface area contributed by atoms with Gasteiger partial charge in [0.1, 0.15) is 18.7 Å². The maximum absolute atomic E-state index is 12.9. The van der Waals surface area contributed by atoms with Gasteiger partial charge in [0.05, 0.1) is 19.8 Å². The molecule has 2 fully saturated rings. The zero-order valence-corrected chi connectivity index (χ0v) is 19.5. The Hall–Kier alpha value is -2.56. The van der Waals surface area contributed by atoms with E-state index >= 15 is 0 Å². The largest absolute Gasteiger partial charge is 0.445 e. The molecule has 2 atom stereocenters. The minimum absolute atomic E-state index is 0.00566. The Balaban J connectivity index is 1.46. The van der Waals surface area contributed by atoms with Gasteiger partial charge in [0.2, 0.25) is 5.91 Å². The average Bonchev–Trinajstić information content (AvgIpc) is 3.16. The van der Waals surface area contributed by atoms with E-state index in [0.29, 0.717) is 19.5 Å².